The molecule has 23 heavy (non-hydrogen) atoms. The minimum atomic E-state index is -0.524. The summed E-state index contributed by atoms with van der Waals surface area (Å²) in [4.78, 5) is 16.5. The fraction of sp³-hybridized carbons (Fsp3) is 0.588. The first-order chi connectivity index (χ1) is 10.9. The molecule has 0 spiro atoms. The molecule has 0 aliphatic heterocycles. The van der Waals surface area contributed by atoms with E-state index < -0.39 is 6.10 Å². The standard InChI is InChI=1S/C17H26N4O2/c1-11(2)5-15(22)9-19-17(23)14-6-13-8-20-21(10-12(3)4)16(13)18-7-14/h6-8,11-12,15,22H,5,9-10H2,1-4H3,(H,19,23). The van der Waals surface area contributed by atoms with E-state index in [0.717, 1.165) is 17.6 Å². The van der Waals surface area contributed by atoms with E-state index in [1.54, 1.807) is 18.5 Å². The lowest BCUT2D eigenvalue weighted by Gasteiger charge is -2.13. The molecular weight excluding hydrogens is 292 g/mol. The van der Waals surface area contributed by atoms with Crippen molar-refractivity contribution in [3.05, 3.63) is 24.0 Å². The van der Waals surface area contributed by atoms with Gasteiger partial charge in [-0.15, -0.1) is 0 Å². The Balaban J connectivity index is 2.04. The molecular formula is C17H26N4O2. The molecule has 0 radical (unpaired) electrons. The molecule has 6 nitrogen and oxygen atoms in total. The maximum Gasteiger partial charge on any atom is 0.252 e. The van der Waals surface area contributed by atoms with E-state index >= 15 is 0 Å². The van der Waals surface area contributed by atoms with Crippen LogP contribution in [0.4, 0.5) is 0 Å². The Bertz CT molecular complexity index is 664. The SMILES string of the molecule is CC(C)CC(O)CNC(=O)c1cnc2c(cnn2CC(C)C)c1. The van der Waals surface area contributed by atoms with Crippen LogP contribution in [0.5, 0.6) is 0 Å². The average molecular weight is 318 g/mol. The quantitative estimate of drug-likeness (QED) is 0.820. The molecule has 0 aromatic carbocycles. The zero-order chi connectivity index (χ0) is 17.0. The number of carbonyl (C=O) groups excluding carboxylic acids is 1. The Hall–Kier alpha value is -1.95. The summed E-state index contributed by atoms with van der Waals surface area (Å²) in [6.07, 6.45) is 3.43. The highest BCUT2D eigenvalue weighted by atomic mass is 16.3. The second-order valence-electron chi connectivity index (χ2n) is 6.85. The number of rotatable bonds is 7. The Labute approximate surface area is 136 Å². The molecule has 0 fully saturated rings. The zero-order valence-corrected chi connectivity index (χ0v) is 14.3. The largest absolute Gasteiger partial charge is 0.391 e. The molecule has 2 aromatic rings. The van der Waals surface area contributed by atoms with Gasteiger partial charge in [0, 0.05) is 24.7 Å². The molecule has 1 atom stereocenters. The first kappa shape index (κ1) is 17.4. The predicted octanol–water partition coefficient (Wildman–Crippen LogP) is 2.22. The monoisotopic (exact) mass is 318 g/mol. The lowest BCUT2D eigenvalue weighted by Crippen LogP contribution is -2.32. The summed E-state index contributed by atoms with van der Waals surface area (Å²) in [6, 6.07) is 1.79. The number of hydrogen-bond acceptors (Lipinski definition) is 4. The molecule has 6 heteroatoms. The van der Waals surface area contributed by atoms with Crippen LogP contribution in [0.1, 0.15) is 44.5 Å². The van der Waals surface area contributed by atoms with Crippen LogP contribution in [0.3, 0.4) is 0 Å². The molecule has 0 aliphatic rings. The minimum Gasteiger partial charge on any atom is -0.391 e. The van der Waals surface area contributed by atoms with Crippen LogP contribution in [0, 0.1) is 11.8 Å². The van der Waals surface area contributed by atoms with Crippen molar-refractivity contribution in [3.63, 3.8) is 0 Å². The van der Waals surface area contributed by atoms with Crippen molar-refractivity contribution < 1.29 is 9.90 Å². The third-order valence-corrected chi connectivity index (χ3v) is 3.52. The van der Waals surface area contributed by atoms with Crippen molar-refractivity contribution in [2.75, 3.05) is 6.54 Å². The van der Waals surface area contributed by atoms with Gasteiger partial charge in [0.2, 0.25) is 0 Å². The number of hydrogen-bond donors (Lipinski definition) is 2. The summed E-state index contributed by atoms with van der Waals surface area (Å²) in [5.41, 5.74) is 1.27. The lowest BCUT2D eigenvalue weighted by molar-refractivity contribution is 0.0900. The number of nitrogens with zero attached hydrogens (tertiary/aromatic N) is 3. The molecule has 2 heterocycles. The minimum absolute atomic E-state index is 0.223. The number of fused-ring (bicyclic) bond motifs is 1. The van der Waals surface area contributed by atoms with Gasteiger partial charge in [-0.25, -0.2) is 9.67 Å². The number of nitrogens with one attached hydrogen (secondary N) is 1. The highest BCUT2D eigenvalue weighted by molar-refractivity contribution is 5.96. The van der Waals surface area contributed by atoms with Crippen LogP contribution in [0.2, 0.25) is 0 Å². The summed E-state index contributed by atoms with van der Waals surface area (Å²) in [5, 5.41) is 17.8. The second-order valence-corrected chi connectivity index (χ2v) is 6.85. The van der Waals surface area contributed by atoms with Crippen molar-refractivity contribution in [2.45, 2.75) is 46.8 Å². The summed E-state index contributed by atoms with van der Waals surface area (Å²) >= 11 is 0. The highest BCUT2D eigenvalue weighted by Gasteiger charge is 2.13. The van der Waals surface area contributed by atoms with Gasteiger partial charge in [0.25, 0.3) is 5.91 Å². The summed E-state index contributed by atoms with van der Waals surface area (Å²) < 4.78 is 1.86. The van der Waals surface area contributed by atoms with Crippen molar-refractivity contribution in [1.29, 1.82) is 0 Å². The van der Waals surface area contributed by atoms with Gasteiger partial charge in [-0.3, -0.25) is 4.79 Å². The van der Waals surface area contributed by atoms with E-state index in [2.05, 4.69) is 29.2 Å². The Kier molecular flexibility index (Phi) is 5.71. The van der Waals surface area contributed by atoms with E-state index in [9.17, 15) is 9.90 Å². The third-order valence-electron chi connectivity index (χ3n) is 3.52. The molecule has 2 aromatic heterocycles. The van der Waals surface area contributed by atoms with Gasteiger partial charge in [-0.1, -0.05) is 27.7 Å². The van der Waals surface area contributed by atoms with Crippen LogP contribution in [0.25, 0.3) is 11.0 Å². The highest BCUT2D eigenvalue weighted by Crippen LogP contribution is 2.14. The predicted molar refractivity (Wildman–Crippen MR) is 90.2 cm³/mol. The van der Waals surface area contributed by atoms with E-state index in [4.69, 9.17) is 0 Å². The number of aliphatic hydroxyl groups excluding tert-OH is 1. The fourth-order valence-electron chi connectivity index (χ4n) is 2.52. The molecule has 1 unspecified atom stereocenters. The zero-order valence-electron chi connectivity index (χ0n) is 14.3. The molecule has 126 valence electrons. The van der Waals surface area contributed by atoms with Crippen molar-refractivity contribution in [2.24, 2.45) is 11.8 Å². The summed E-state index contributed by atoms with van der Waals surface area (Å²) in [6.45, 7) is 9.37. The number of aromatic nitrogens is 3. The maximum absolute atomic E-state index is 12.2. The lowest BCUT2D eigenvalue weighted by atomic mass is 10.1. The van der Waals surface area contributed by atoms with Gasteiger partial charge in [0.15, 0.2) is 5.65 Å². The van der Waals surface area contributed by atoms with E-state index in [-0.39, 0.29) is 12.5 Å². The van der Waals surface area contributed by atoms with Gasteiger partial charge >= 0.3 is 0 Å². The molecule has 0 saturated heterocycles. The Morgan fingerprint density at radius 3 is 2.65 bits per heavy atom. The van der Waals surface area contributed by atoms with E-state index in [0.29, 0.717) is 23.8 Å². The number of amides is 1. The Morgan fingerprint density at radius 2 is 2.00 bits per heavy atom. The smallest absolute Gasteiger partial charge is 0.252 e. The molecule has 0 bridgehead atoms. The number of carbonyl (C=O) groups is 1. The van der Waals surface area contributed by atoms with Crippen LogP contribution < -0.4 is 5.32 Å². The normalized spacial score (nSPS) is 13.0. The summed E-state index contributed by atoms with van der Waals surface area (Å²) in [7, 11) is 0. The second kappa shape index (κ2) is 7.55. The summed E-state index contributed by atoms with van der Waals surface area (Å²) in [5.74, 6) is 0.649. The van der Waals surface area contributed by atoms with Gasteiger partial charge in [-0.05, 0) is 24.3 Å². The molecule has 0 aliphatic carbocycles. The molecule has 1 amide bonds. The topological polar surface area (TPSA) is 80.0 Å². The Morgan fingerprint density at radius 1 is 1.26 bits per heavy atom. The van der Waals surface area contributed by atoms with Crippen molar-refractivity contribution in [3.8, 4) is 0 Å². The molecule has 2 rings (SSSR count). The fourth-order valence-corrected chi connectivity index (χ4v) is 2.52. The first-order valence-electron chi connectivity index (χ1n) is 8.14. The number of aliphatic hydroxyl groups is 1. The third kappa shape index (κ3) is 4.76. The van der Waals surface area contributed by atoms with Gasteiger partial charge in [0.1, 0.15) is 0 Å². The van der Waals surface area contributed by atoms with Crippen LogP contribution in [0.15, 0.2) is 18.5 Å². The van der Waals surface area contributed by atoms with Crippen molar-refractivity contribution in [1.82, 2.24) is 20.1 Å². The van der Waals surface area contributed by atoms with Crippen molar-refractivity contribution >= 4 is 16.9 Å². The van der Waals surface area contributed by atoms with E-state index in [1.165, 1.54) is 0 Å². The number of pyridine rings is 1. The first-order valence-corrected chi connectivity index (χ1v) is 8.14. The average Bonchev–Trinajstić information content (AvgIpc) is 2.85. The molecule has 0 saturated carbocycles. The maximum atomic E-state index is 12.2. The van der Waals surface area contributed by atoms with Gasteiger partial charge < -0.3 is 10.4 Å². The van der Waals surface area contributed by atoms with Crippen LogP contribution >= 0.6 is 0 Å². The van der Waals surface area contributed by atoms with E-state index in [1.807, 2.05) is 18.5 Å². The van der Waals surface area contributed by atoms with Crippen LogP contribution in [-0.2, 0) is 6.54 Å². The van der Waals surface area contributed by atoms with Crippen LogP contribution in [-0.4, -0.2) is 38.4 Å². The van der Waals surface area contributed by atoms with Gasteiger partial charge in [-0.2, -0.15) is 5.10 Å². The molecule has 2 N–H and O–H groups in total. The van der Waals surface area contributed by atoms with Gasteiger partial charge in [0.05, 0.1) is 17.9 Å².